The Morgan fingerprint density at radius 2 is 1.46 bits per heavy atom. The molecule has 1 aliphatic rings. The predicted octanol–water partition coefficient (Wildman–Crippen LogP) is 1.80. The Bertz CT molecular complexity index is 1110. The number of carbonyl (C=O) groups is 4. The summed E-state index contributed by atoms with van der Waals surface area (Å²) in [4.78, 5) is 47.9. The van der Waals surface area contributed by atoms with Crippen molar-refractivity contribution in [2.75, 3.05) is 51.3 Å². The number of carboxylic acids is 4. The minimum absolute atomic E-state index is 0.558. The number of nitrogens with zero attached hydrogens (tertiary/aromatic N) is 4. The molecule has 1 saturated heterocycles. The molecule has 2 heterocycles. The number of ether oxygens (including phenoxy) is 1. The van der Waals surface area contributed by atoms with Crippen LogP contribution in [-0.4, -0.2) is 105 Å². The molecule has 4 N–H and O–H groups in total. The highest BCUT2D eigenvalue weighted by atomic mass is 16.5. The molecule has 0 spiro atoms. The molecule has 0 unspecified atom stereocenters. The first-order chi connectivity index (χ1) is 18.5. The molecule has 13 heteroatoms. The highest BCUT2D eigenvalue weighted by Gasteiger charge is 2.19. The molecular weight excluding hydrogens is 512 g/mol. The van der Waals surface area contributed by atoms with E-state index in [-0.39, 0.29) is 0 Å². The molecule has 1 aromatic carbocycles. The van der Waals surface area contributed by atoms with E-state index < -0.39 is 23.9 Å². The van der Waals surface area contributed by atoms with E-state index in [1.165, 1.54) is 11.9 Å². The Morgan fingerprint density at radius 1 is 0.897 bits per heavy atom. The summed E-state index contributed by atoms with van der Waals surface area (Å²) in [7, 11) is 2.19. The SMILES string of the molecule is C=CCOCCn1c(N2CCCN(C)CC2)nc2ccccc21.O=C(O)C=CC(=O)O.O=C(O)C=CC(=O)O. The molecule has 0 aliphatic carbocycles. The molecule has 0 atom stereocenters. The van der Waals surface area contributed by atoms with Crippen molar-refractivity contribution >= 4 is 40.9 Å². The third-order valence-electron chi connectivity index (χ3n) is 5.07. The Balaban J connectivity index is 0.000000393. The van der Waals surface area contributed by atoms with Gasteiger partial charge in [-0.15, -0.1) is 6.58 Å². The highest BCUT2D eigenvalue weighted by Crippen LogP contribution is 2.23. The van der Waals surface area contributed by atoms with Crippen LogP contribution >= 0.6 is 0 Å². The molecule has 1 aliphatic heterocycles. The summed E-state index contributed by atoms with van der Waals surface area (Å²) in [5, 5.41) is 31.2. The van der Waals surface area contributed by atoms with E-state index in [1.807, 2.05) is 6.07 Å². The first kappa shape index (κ1) is 32.5. The zero-order valence-electron chi connectivity index (χ0n) is 21.7. The van der Waals surface area contributed by atoms with Gasteiger partial charge in [0.25, 0.3) is 0 Å². The van der Waals surface area contributed by atoms with E-state index in [2.05, 4.69) is 46.2 Å². The van der Waals surface area contributed by atoms with Gasteiger partial charge in [0.15, 0.2) is 0 Å². The van der Waals surface area contributed by atoms with Crippen LogP contribution < -0.4 is 4.90 Å². The second-order valence-corrected chi connectivity index (χ2v) is 8.08. The second kappa shape index (κ2) is 17.9. The van der Waals surface area contributed by atoms with Crippen LogP contribution in [0.25, 0.3) is 11.0 Å². The molecule has 13 nitrogen and oxygen atoms in total. The van der Waals surface area contributed by atoms with Crippen LogP contribution in [0.15, 0.2) is 61.2 Å². The number of anilines is 1. The van der Waals surface area contributed by atoms with E-state index in [9.17, 15) is 19.2 Å². The monoisotopic (exact) mass is 546 g/mol. The quantitative estimate of drug-likeness (QED) is 0.193. The average Bonchev–Trinajstić information content (AvgIpc) is 3.11. The Kier molecular flexibility index (Phi) is 14.9. The van der Waals surface area contributed by atoms with Gasteiger partial charge in [-0.2, -0.15) is 0 Å². The molecule has 3 rings (SSSR count). The molecule has 0 radical (unpaired) electrons. The van der Waals surface area contributed by atoms with E-state index in [4.69, 9.17) is 30.1 Å². The third-order valence-corrected chi connectivity index (χ3v) is 5.07. The normalized spacial score (nSPS) is 13.7. The van der Waals surface area contributed by atoms with E-state index in [0.717, 1.165) is 44.2 Å². The third kappa shape index (κ3) is 13.6. The largest absolute Gasteiger partial charge is 0.478 e. The number of aromatic nitrogens is 2. The van der Waals surface area contributed by atoms with Crippen molar-refractivity contribution in [1.29, 1.82) is 0 Å². The molecule has 1 aromatic heterocycles. The lowest BCUT2D eigenvalue weighted by atomic mass is 10.3. The zero-order valence-corrected chi connectivity index (χ0v) is 21.7. The van der Waals surface area contributed by atoms with E-state index in [1.54, 1.807) is 6.08 Å². The molecule has 39 heavy (non-hydrogen) atoms. The molecule has 1 fully saturated rings. The summed E-state index contributed by atoms with van der Waals surface area (Å²) in [6, 6.07) is 8.35. The van der Waals surface area contributed by atoms with Gasteiger partial charge in [-0.25, -0.2) is 24.2 Å². The van der Waals surface area contributed by atoms with Crippen LogP contribution in [0.1, 0.15) is 6.42 Å². The van der Waals surface area contributed by atoms with Gasteiger partial charge in [0.05, 0.1) is 24.2 Å². The number of carboxylic acid groups (broad SMARTS) is 4. The van der Waals surface area contributed by atoms with Crippen molar-refractivity contribution in [3.05, 3.63) is 61.2 Å². The number of aliphatic carboxylic acids is 4. The number of hydrogen-bond donors (Lipinski definition) is 4. The van der Waals surface area contributed by atoms with Gasteiger partial charge >= 0.3 is 23.9 Å². The second-order valence-electron chi connectivity index (χ2n) is 8.08. The van der Waals surface area contributed by atoms with Gasteiger partial charge in [0.2, 0.25) is 5.95 Å². The maximum Gasteiger partial charge on any atom is 0.328 e. The van der Waals surface area contributed by atoms with Gasteiger partial charge in [0.1, 0.15) is 0 Å². The summed E-state index contributed by atoms with van der Waals surface area (Å²) in [5.41, 5.74) is 2.24. The zero-order chi connectivity index (χ0) is 29.2. The number of para-hydroxylation sites is 2. The van der Waals surface area contributed by atoms with Crippen LogP contribution in [0, 0.1) is 0 Å². The fourth-order valence-corrected chi connectivity index (χ4v) is 3.38. The number of likely N-dealkylation sites (N-methyl/N-ethyl adjacent to an activating group) is 1. The summed E-state index contributed by atoms with van der Waals surface area (Å²) >= 11 is 0. The fourth-order valence-electron chi connectivity index (χ4n) is 3.38. The topological polar surface area (TPSA) is 183 Å². The van der Waals surface area contributed by atoms with Crippen LogP contribution in [0.5, 0.6) is 0 Å². The van der Waals surface area contributed by atoms with Gasteiger partial charge in [-0.05, 0) is 32.1 Å². The highest BCUT2D eigenvalue weighted by molar-refractivity contribution is 5.90. The summed E-state index contributed by atoms with van der Waals surface area (Å²) < 4.78 is 7.89. The molecule has 2 aromatic rings. The molecule has 0 bridgehead atoms. The van der Waals surface area contributed by atoms with Crippen LogP contribution in [0.4, 0.5) is 5.95 Å². The Hall–Kier alpha value is -4.49. The van der Waals surface area contributed by atoms with Crippen LogP contribution in [0.3, 0.4) is 0 Å². The summed E-state index contributed by atoms with van der Waals surface area (Å²) in [6.45, 7) is 10.1. The molecule has 212 valence electrons. The van der Waals surface area contributed by atoms with Gasteiger partial charge in [-0.3, -0.25) is 0 Å². The predicted molar refractivity (Wildman–Crippen MR) is 144 cm³/mol. The van der Waals surface area contributed by atoms with Crippen LogP contribution in [0.2, 0.25) is 0 Å². The average molecular weight is 547 g/mol. The van der Waals surface area contributed by atoms with Crippen molar-refractivity contribution in [1.82, 2.24) is 14.5 Å². The van der Waals surface area contributed by atoms with Crippen molar-refractivity contribution in [2.24, 2.45) is 0 Å². The van der Waals surface area contributed by atoms with E-state index in [0.29, 0.717) is 37.5 Å². The Labute approximate surface area is 225 Å². The Morgan fingerprint density at radius 3 is 2.00 bits per heavy atom. The minimum Gasteiger partial charge on any atom is -0.478 e. The lowest BCUT2D eigenvalue weighted by Gasteiger charge is -2.23. The molecule has 0 saturated carbocycles. The summed E-state index contributed by atoms with van der Waals surface area (Å²) in [6.07, 6.45) is 5.19. The van der Waals surface area contributed by atoms with Gasteiger partial charge in [0, 0.05) is 50.5 Å². The smallest absolute Gasteiger partial charge is 0.328 e. The lowest BCUT2D eigenvalue weighted by molar-refractivity contribution is -0.134. The number of rotatable bonds is 10. The van der Waals surface area contributed by atoms with Crippen molar-refractivity contribution < 1.29 is 44.3 Å². The van der Waals surface area contributed by atoms with Crippen LogP contribution in [-0.2, 0) is 30.5 Å². The van der Waals surface area contributed by atoms with Gasteiger partial charge in [-0.1, -0.05) is 18.2 Å². The minimum atomic E-state index is -1.26. The van der Waals surface area contributed by atoms with Crippen molar-refractivity contribution in [2.45, 2.75) is 13.0 Å². The number of hydrogen-bond acceptors (Lipinski definition) is 8. The maximum absolute atomic E-state index is 9.55. The lowest BCUT2D eigenvalue weighted by Crippen LogP contribution is -2.31. The van der Waals surface area contributed by atoms with Gasteiger partial charge < -0.3 is 39.5 Å². The first-order valence-electron chi connectivity index (χ1n) is 11.9. The molecular formula is C26H34N4O9. The van der Waals surface area contributed by atoms with Crippen molar-refractivity contribution in [3.63, 3.8) is 0 Å². The van der Waals surface area contributed by atoms with Crippen molar-refractivity contribution in [3.8, 4) is 0 Å². The number of fused-ring (bicyclic) bond motifs is 1. The number of benzene rings is 1. The van der Waals surface area contributed by atoms with E-state index >= 15 is 0 Å². The first-order valence-corrected chi connectivity index (χ1v) is 11.9. The summed E-state index contributed by atoms with van der Waals surface area (Å²) in [5.74, 6) is -3.96. The molecule has 0 amide bonds. The standard InChI is InChI=1S/C18H26N4O.2C4H4O4/c1-3-14-23-15-13-22-17-8-5-4-7-16(17)19-18(22)21-10-6-9-20(2)11-12-21;2*5-3(6)1-2-4(7)8/h3-5,7-8H,1,6,9-15H2,2H3;2*1-2H,(H,5,6)(H,7,8). The fraction of sp³-hybridized carbons (Fsp3) is 0.346. The maximum atomic E-state index is 9.55. The number of imidazole rings is 1.